The summed E-state index contributed by atoms with van der Waals surface area (Å²) in [5, 5.41) is 4.46. The average molecular weight is 969 g/mol. The maximum Gasteiger partial charge on any atom is 0.155 e. The summed E-state index contributed by atoms with van der Waals surface area (Å²) >= 11 is 0. The zero-order chi connectivity index (χ0) is 50.6. The van der Waals surface area contributed by atoms with Crippen LogP contribution in [0.2, 0.25) is 0 Å². The molecule has 12 aromatic rings. The molecule has 0 N–H and O–H groups in total. The molecule has 2 nitrogen and oxygen atoms in total. The largest absolute Gasteiger partial charge is 0.308 e. The Morgan fingerprint density at radius 3 is 1.23 bits per heavy atom. The van der Waals surface area contributed by atoms with Crippen molar-refractivity contribution >= 4 is 55.7 Å². The van der Waals surface area contributed by atoms with E-state index in [1.807, 2.05) is 182 Å². The first-order chi connectivity index (χ1) is 36.8. The van der Waals surface area contributed by atoms with Crippen LogP contribution in [0.3, 0.4) is 0 Å². The fourth-order valence-corrected chi connectivity index (χ4v) is 11.4. The molecule has 0 heterocycles. The minimum absolute atomic E-state index is 0.295. The molecule has 0 saturated carbocycles. The van der Waals surface area contributed by atoms with Gasteiger partial charge in [-0.15, -0.1) is 0 Å². The van der Waals surface area contributed by atoms with Gasteiger partial charge in [0.15, 0.2) is 11.6 Å². The molecule has 75 heavy (non-hydrogen) atoms. The Morgan fingerprint density at radius 1 is 0.293 bits per heavy atom. The van der Waals surface area contributed by atoms with Gasteiger partial charge in [0.25, 0.3) is 0 Å². The number of hydrogen-bond donors (Lipinski definition) is 0. The summed E-state index contributed by atoms with van der Waals surface area (Å²) < 4.78 is 35.3. The second kappa shape index (κ2) is 18.6. The number of rotatable bonds is 10. The first kappa shape index (κ1) is 45.5. The van der Waals surface area contributed by atoms with E-state index in [1.165, 1.54) is 10.9 Å². The molecule has 0 saturated heterocycles. The number of halogens is 2. The zero-order valence-electron chi connectivity index (χ0n) is 41.6. The molecule has 0 spiro atoms. The van der Waals surface area contributed by atoms with Crippen molar-refractivity contribution in [3.8, 4) is 55.6 Å². The predicted octanol–water partition coefficient (Wildman–Crippen LogP) is 20.2. The third-order valence-corrected chi connectivity index (χ3v) is 15.1. The Balaban J connectivity index is 0.986. The number of nitrogens with zero attached hydrogens (tertiary/aromatic N) is 2. The van der Waals surface area contributed by atoms with Gasteiger partial charge < -0.3 is 9.80 Å². The molecule has 4 heteroatoms. The van der Waals surface area contributed by atoms with Gasteiger partial charge in [0.1, 0.15) is 0 Å². The fourth-order valence-electron chi connectivity index (χ4n) is 11.4. The number of anilines is 6. The number of hydrogen-bond acceptors (Lipinski definition) is 2. The SMILES string of the molecule is CC1(C)c2cc(N(c3ccccc3)c3cc(-c4ccccc4)cc(-c4ccccc4)c3F)ccc2-c2cc3ccc(N(c4ccccc4)c4cc(-c5ccccc5)cc(-c5ccccc5)c4F)cc3c3cccc1c23. The third kappa shape index (κ3) is 7.94. The minimum atomic E-state index is -0.462. The van der Waals surface area contributed by atoms with E-state index in [1.54, 1.807) is 0 Å². The summed E-state index contributed by atoms with van der Waals surface area (Å²) in [5.74, 6) is -0.592. The minimum Gasteiger partial charge on any atom is -0.308 e. The molecular formula is C71H50F2N2. The van der Waals surface area contributed by atoms with Gasteiger partial charge in [-0.2, -0.15) is 0 Å². The Bertz CT molecular complexity index is 4090. The summed E-state index contributed by atoms with van der Waals surface area (Å²) in [4.78, 5) is 4.13. The molecule has 0 atom stereocenters. The van der Waals surface area contributed by atoms with Crippen LogP contribution in [0, 0.1) is 11.6 Å². The van der Waals surface area contributed by atoms with Crippen molar-refractivity contribution in [3.63, 3.8) is 0 Å². The molecule has 0 unspecified atom stereocenters. The smallest absolute Gasteiger partial charge is 0.155 e. The van der Waals surface area contributed by atoms with Crippen LogP contribution >= 0.6 is 0 Å². The summed E-state index contributed by atoms with van der Waals surface area (Å²) in [5.41, 5.74) is 15.1. The molecule has 0 aromatic heterocycles. The topological polar surface area (TPSA) is 6.48 Å². The second-order valence-electron chi connectivity index (χ2n) is 19.9. The quantitative estimate of drug-likeness (QED) is 0.126. The van der Waals surface area contributed by atoms with E-state index in [9.17, 15) is 0 Å². The molecular weight excluding hydrogens is 919 g/mol. The van der Waals surface area contributed by atoms with E-state index in [0.717, 1.165) is 89.0 Å². The number of para-hydroxylation sites is 2. The van der Waals surface area contributed by atoms with Gasteiger partial charge in [-0.1, -0.05) is 202 Å². The molecule has 12 aromatic carbocycles. The summed E-state index contributed by atoms with van der Waals surface area (Å²) in [6.45, 7) is 4.60. The maximum atomic E-state index is 17.7. The lowest BCUT2D eigenvalue weighted by molar-refractivity contribution is 0.632. The normalized spacial score (nSPS) is 12.4. The summed E-state index contributed by atoms with van der Waals surface area (Å²) in [6, 6.07) is 90.3. The molecule has 1 aliphatic carbocycles. The first-order valence-electron chi connectivity index (χ1n) is 25.5. The van der Waals surface area contributed by atoms with Crippen molar-refractivity contribution in [3.05, 3.63) is 290 Å². The van der Waals surface area contributed by atoms with Gasteiger partial charge in [-0.05, 0) is 156 Å². The highest BCUT2D eigenvalue weighted by Gasteiger charge is 2.35. The molecule has 13 rings (SSSR count). The Kier molecular flexibility index (Phi) is 11.3. The van der Waals surface area contributed by atoms with E-state index in [-0.39, 0.29) is 11.6 Å². The Morgan fingerprint density at radius 2 is 0.733 bits per heavy atom. The number of benzene rings is 12. The first-order valence-corrected chi connectivity index (χ1v) is 25.5. The molecule has 358 valence electrons. The van der Waals surface area contributed by atoms with Gasteiger partial charge in [0.2, 0.25) is 0 Å². The number of fused-ring (bicyclic) bond motifs is 4. The van der Waals surface area contributed by atoms with Crippen molar-refractivity contribution < 1.29 is 8.78 Å². The highest BCUT2D eigenvalue weighted by atomic mass is 19.1. The summed E-state index contributed by atoms with van der Waals surface area (Å²) in [6.07, 6.45) is 0. The molecule has 0 aliphatic heterocycles. The van der Waals surface area contributed by atoms with Gasteiger partial charge >= 0.3 is 0 Å². The van der Waals surface area contributed by atoms with Crippen LogP contribution in [-0.2, 0) is 5.41 Å². The van der Waals surface area contributed by atoms with Gasteiger partial charge in [-0.25, -0.2) is 8.78 Å². The highest BCUT2D eigenvalue weighted by molar-refractivity contribution is 6.17. The lowest BCUT2D eigenvalue weighted by Crippen LogP contribution is -2.24. The lowest BCUT2D eigenvalue weighted by Gasteiger charge is -2.37. The van der Waals surface area contributed by atoms with Crippen LogP contribution in [0.1, 0.15) is 25.0 Å². The fraction of sp³-hybridized carbons (Fsp3) is 0.0423. The van der Waals surface area contributed by atoms with Crippen molar-refractivity contribution in [1.29, 1.82) is 0 Å². The van der Waals surface area contributed by atoms with Crippen molar-refractivity contribution in [2.45, 2.75) is 19.3 Å². The van der Waals surface area contributed by atoms with Crippen LogP contribution < -0.4 is 9.80 Å². The summed E-state index contributed by atoms with van der Waals surface area (Å²) in [7, 11) is 0. The molecule has 0 fully saturated rings. The van der Waals surface area contributed by atoms with Crippen LogP contribution in [0.25, 0.3) is 77.2 Å². The lowest BCUT2D eigenvalue weighted by atomic mass is 9.68. The Hall–Kier alpha value is -9.38. The van der Waals surface area contributed by atoms with Crippen molar-refractivity contribution in [2.24, 2.45) is 0 Å². The predicted molar refractivity (Wildman–Crippen MR) is 310 cm³/mol. The third-order valence-electron chi connectivity index (χ3n) is 15.1. The zero-order valence-corrected chi connectivity index (χ0v) is 41.6. The molecule has 1 aliphatic rings. The van der Waals surface area contributed by atoms with Crippen molar-refractivity contribution in [1.82, 2.24) is 0 Å². The van der Waals surface area contributed by atoms with E-state index >= 15 is 8.78 Å². The van der Waals surface area contributed by atoms with E-state index in [4.69, 9.17) is 0 Å². The average Bonchev–Trinajstić information content (AvgIpc) is 3.53. The van der Waals surface area contributed by atoms with Crippen LogP contribution in [0.4, 0.5) is 42.9 Å². The molecule has 0 bridgehead atoms. The van der Waals surface area contributed by atoms with Gasteiger partial charge in [-0.3, -0.25) is 0 Å². The van der Waals surface area contributed by atoms with E-state index < -0.39 is 5.41 Å². The maximum absolute atomic E-state index is 17.7. The highest BCUT2D eigenvalue weighted by Crippen LogP contribution is 2.53. The Labute approximate surface area is 436 Å². The molecule has 0 radical (unpaired) electrons. The monoisotopic (exact) mass is 968 g/mol. The van der Waals surface area contributed by atoms with Crippen LogP contribution in [0.5, 0.6) is 0 Å². The van der Waals surface area contributed by atoms with Crippen LogP contribution in [-0.4, -0.2) is 0 Å². The van der Waals surface area contributed by atoms with Crippen LogP contribution in [0.15, 0.2) is 267 Å². The van der Waals surface area contributed by atoms with E-state index in [0.29, 0.717) is 22.5 Å². The van der Waals surface area contributed by atoms with Gasteiger partial charge in [0.05, 0.1) is 11.4 Å². The van der Waals surface area contributed by atoms with E-state index in [2.05, 4.69) is 109 Å². The second-order valence-corrected chi connectivity index (χ2v) is 19.9. The van der Waals surface area contributed by atoms with Crippen molar-refractivity contribution in [2.75, 3.05) is 9.80 Å². The standard InChI is InChI=1S/C71H50F2N2/c1-71(2)64-35-21-34-59-60-45-56(74(54-30-17-7-18-31-54)66-43-52(47-22-9-3-10-23-47)41-61(69(66)72)49-26-13-5-14-27-49)37-36-51(60)40-63(68(59)64)58-39-38-57(46-65(58)71)75(55-32-19-8-20-33-55)67-44-53(48-24-11-4-12-25-48)42-62(70(67)73)50-28-15-6-16-29-50/h3-46H,1-2H3. The van der Waals surface area contributed by atoms with Gasteiger partial charge in [0, 0.05) is 39.3 Å². The molecule has 0 amide bonds.